The van der Waals surface area contributed by atoms with E-state index >= 15 is 0 Å². The van der Waals surface area contributed by atoms with Crippen molar-refractivity contribution >= 4 is 52.8 Å². The molecule has 1 atom stereocenters. The number of ether oxygens (including phenoxy) is 3. The first kappa shape index (κ1) is 84.6. The number of unbranched alkanes of at least 4 members (excludes halogenated alkanes) is 31. The molecule has 0 saturated carbocycles. The Morgan fingerprint density at radius 3 is 1.76 bits per heavy atom. The summed E-state index contributed by atoms with van der Waals surface area (Å²) in [6, 6.07) is 22.7. The summed E-state index contributed by atoms with van der Waals surface area (Å²) in [6.45, 7) is 16.5. The minimum absolute atomic E-state index is 0.100. The molecule has 104 heavy (non-hydrogen) atoms. The Bertz CT molecular complexity index is 3500. The molecule has 0 unspecified atom stereocenters. The van der Waals surface area contributed by atoms with Crippen LogP contribution in [0.15, 0.2) is 105 Å². The highest BCUT2D eigenvalue weighted by Crippen LogP contribution is 2.51. The SMILES string of the molecule is CCCCCCCCCCCCCCCCCCCCCC[N+]1=C(/C=C\C=C2\N(CCCCCCCCCCCCCC)c3ccc(CNC(=O)CCCC(=O)N/N=C/CCCC(=O)N[C@H]4CCc5cc(OC)c(OC)c(OC)c5-c5ccc(SC)c(=O)cc54)cc3C2(C)C)C(C)(C)c2ccccc21. The number of fused-ring (bicyclic) bond motifs is 5. The van der Waals surface area contributed by atoms with Crippen LogP contribution in [0.2, 0.25) is 0 Å². The lowest BCUT2D eigenvalue weighted by Gasteiger charge is -2.27. The zero-order valence-corrected chi connectivity index (χ0v) is 67.1. The second-order valence-corrected chi connectivity index (χ2v) is 31.7. The highest BCUT2D eigenvalue weighted by atomic mass is 32.2. The molecule has 0 spiro atoms. The van der Waals surface area contributed by atoms with E-state index in [9.17, 15) is 19.2 Å². The second-order valence-electron chi connectivity index (χ2n) is 30.8. The van der Waals surface area contributed by atoms with Gasteiger partial charge in [-0.3, -0.25) is 19.2 Å². The van der Waals surface area contributed by atoms with E-state index in [4.69, 9.17) is 14.2 Å². The van der Waals surface area contributed by atoms with E-state index in [1.807, 2.05) is 24.5 Å². The van der Waals surface area contributed by atoms with Crippen LogP contribution in [0.5, 0.6) is 17.2 Å². The van der Waals surface area contributed by atoms with E-state index in [0.717, 1.165) is 41.8 Å². The first-order chi connectivity index (χ1) is 50.6. The summed E-state index contributed by atoms with van der Waals surface area (Å²) in [5, 5.41) is 10.5. The Balaban J connectivity index is 0.879. The van der Waals surface area contributed by atoms with Gasteiger partial charge in [0.1, 0.15) is 6.54 Å². The topological polar surface area (TPSA) is 151 Å². The summed E-state index contributed by atoms with van der Waals surface area (Å²) in [5.74, 6) is 0.972. The van der Waals surface area contributed by atoms with Gasteiger partial charge in [-0.2, -0.15) is 9.68 Å². The summed E-state index contributed by atoms with van der Waals surface area (Å²) in [5.41, 5.74) is 14.4. The van der Waals surface area contributed by atoms with Gasteiger partial charge in [-0.25, -0.2) is 5.43 Å². The fourth-order valence-electron chi connectivity index (χ4n) is 16.0. The molecule has 0 bridgehead atoms. The van der Waals surface area contributed by atoms with Gasteiger partial charge < -0.3 is 29.7 Å². The second kappa shape index (κ2) is 46.4. The van der Waals surface area contributed by atoms with Gasteiger partial charge in [0.05, 0.1) is 37.7 Å². The summed E-state index contributed by atoms with van der Waals surface area (Å²) >= 11 is 1.38. The average Bonchev–Trinajstić information content (AvgIpc) is 1.60. The van der Waals surface area contributed by atoms with Gasteiger partial charge >= 0.3 is 0 Å². The van der Waals surface area contributed by atoms with Gasteiger partial charge in [-0.15, -0.1) is 11.8 Å². The number of carbonyl (C=O) groups excluding carboxylic acids is 3. The van der Waals surface area contributed by atoms with Crippen molar-refractivity contribution < 1.29 is 33.2 Å². The van der Waals surface area contributed by atoms with E-state index in [2.05, 4.69) is 133 Å². The molecular weight excluding hydrogens is 1310 g/mol. The van der Waals surface area contributed by atoms with Gasteiger partial charge in [0.15, 0.2) is 22.6 Å². The number of para-hydroxylation sites is 1. The molecular formula is C90H135N6O7S+. The van der Waals surface area contributed by atoms with Crippen LogP contribution in [0.25, 0.3) is 11.1 Å². The van der Waals surface area contributed by atoms with Crippen LogP contribution in [-0.4, -0.2) is 74.9 Å². The van der Waals surface area contributed by atoms with E-state index in [1.165, 1.54) is 245 Å². The van der Waals surface area contributed by atoms with Crippen molar-refractivity contribution in [3.8, 4) is 28.4 Å². The molecule has 0 fully saturated rings. The van der Waals surface area contributed by atoms with Crippen molar-refractivity contribution in [3.63, 3.8) is 0 Å². The standard InChI is InChI=1S/C90H134N6O7S/c1-11-13-15-17-19-21-23-25-26-27-28-29-30-31-32-34-36-37-39-45-63-95-76-50-42-41-49-73(76)89(3,4)81(95)51-47-52-82-90(5,6)74-65-69(56-60-77(74)96(82)64-46-40-38-35-33-24-22-20-18-16-14-12-2)68-91-83(98)54-48-55-85(100)94-92-62-44-43-53-84(99)93-75-59-57-70-66-79(101-7)87(102-8)88(103-9)86(70)71-58-61-80(104-10)78(97)67-72(71)75/h41-42,47,49-52,56,58,60-62,65-67,75H,11-40,43-46,48,53-55,57,59,63-64,68H2,1-10H3,(H2-,91,93,94,98,99,100)/p+1/b92-62+/t75-/m0/s1. The number of benzene rings is 3. The molecule has 7 rings (SSSR count). The Morgan fingerprint density at radius 2 is 1.17 bits per heavy atom. The smallest absolute Gasteiger partial charge is 0.240 e. The van der Waals surface area contributed by atoms with Gasteiger partial charge in [0.2, 0.25) is 29.2 Å². The lowest BCUT2D eigenvalue weighted by molar-refractivity contribution is -0.438. The van der Waals surface area contributed by atoms with E-state index in [0.29, 0.717) is 66.4 Å². The zero-order valence-electron chi connectivity index (χ0n) is 66.3. The number of hydrogen-bond acceptors (Lipinski definition) is 10. The fraction of sp³-hybridized carbons (Fsp3) is 0.622. The summed E-state index contributed by atoms with van der Waals surface area (Å²) in [4.78, 5) is 56.4. The number of allylic oxidation sites excluding steroid dienone is 4. The van der Waals surface area contributed by atoms with E-state index < -0.39 is 6.04 Å². The number of nitrogens with one attached hydrogen (secondary N) is 3. The molecule has 2 aliphatic heterocycles. The largest absolute Gasteiger partial charge is 0.493 e. The van der Waals surface area contributed by atoms with Gasteiger partial charge in [-0.1, -0.05) is 256 Å². The number of amides is 3. The molecule has 2 heterocycles. The number of aryl methyl sites for hydroxylation is 1. The van der Waals surface area contributed by atoms with Crippen LogP contribution in [0.3, 0.4) is 0 Å². The minimum Gasteiger partial charge on any atom is -0.493 e. The van der Waals surface area contributed by atoms with Gasteiger partial charge in [-0.05, 0) is 123 Å². The molecule has 4 aromatic rings. The van der Waals surface area contributed by atoms with E-state index in [-0.39, 0.29) is 53.2 Å². The number of nitrogens with zero attached hydrogens (tertiary/aromatic N) is 3. The van der Waals surface area contributed by atoms with Crippen molar-refractivity contribution in [1.82, 2.24) is 16.1 Å². The van der Waals surface area contributed by atoms with Crippen molar-refractivity contribution in [2.24, 2.45) is 5.10 Å². The maximum Gasteiger partial charge on any atom is 0.240 e. The predicted molar refractivity (Wildman–Crippen MR) is 437 cm³/mol. The fourth-order valence-corrected chi connectivity index (χ4v) is 16.5. The Hall–Kier alpha value is -6.67. The third-order valence-electron chi connectivity index (χ3n) is 22.1. The molecule has 0 radical (unpaired) electrons. The Labute approximate surface area is 632 Å². The van der Waals surface area contributed by atoms with Crippen LogP contribution in [0.4, 0.5) is 11.4 Å². The van der Waals surface area contributed by atoms with Crippen LogP contribution in [0, 0.1) is 0 Å². The summed E-state index contributed by atoms with van der Waals surface area (Å²) in [6.07, 6.45) is 57.3. The Kier molecular flexibility index (Phi) is 37.8. The Morgan fingerprint density at radius 1 is 0.606 bits per heavy atom. The van der Waals surface area contributed by atoms with Crippen molar-refractivity contribution in [1.29, 1.82) is 0 Å². The molecule has 0 aromatic heterocycles. The highest BCUT2D eigenvalue weighted by molar-refractivity contribution is 7.98. The number of thioether (sulfide) groups is 1. The third kappa shape index (κ3) is 25.8. The monoisotopic (exact) mass is 1440 g/mol. The maximum atomic E-state index is 13.5. The lowest BCUT2D eigenvalue weighted by Crippen LogP contribution is -2.29. The first-order valence-electron chi connectivity index (χ1n) is 41.1. The average molecular weight is 1450 g/mol. The quantitative estimate of drug-likeness (QED) is 0.0129. The molecule has 13 nitrogen and oxygen atoms in total. The molecule has 3 amide bonds. The molecule has 1 aliphatic carbocycles. The molecule has 3 aliphatic rings. The van der Waals surface area contributed by atoms with Gasteiger partial charge in [0.25, 0.3) is 0 Å². The molecule has 572 valence electrons. The number of carbonyl (C=O) groups is 3. The minimum atomic E-state index is -0.438. The number of hydrazone groups is 1. The van der Waals surface area contributed by atoms with Gasteiger partial charge in [0, 0.05) is 85.1 Å². The van der Waals surface area contributed by atoms with Crippen LogP contribution < -0.4 is 40.6 Å². The zero-order chi connectivity index (χ0) is 74.4. The van der Waals surface area contributed by atoms with Crippen molar-refractivity contribution in [3.05, 3.63) is 129 Å². The van der Waals surface area contributed by atoms with Crippen LogP contribution in [-0.2, 0) is 38.2 Å². The summed E-state index contributed by atoms with van der Waals surface area (Å²) < 4.78 is 20.0. The summed E-state index contributed by atoms with van der Waals surface area (Å²) in [7, 11) is 4.74. The van der Waals surface area contributed by atoms with Crippen molar-refractivity contribution in [2.75, 3.05) is 45.6 Å². The lowest BCUT2D eigenvalue weighted by atomic mass is 9.81. The predicted octanol–water partition coefficient (Wildman–Crippen LogP) is 22.5. The normalized spacial score (nSPS) is 15.3. The van der Waals surface area contributed by atoms with Crippen LogP contribution >= 0.6 is 11.8 Å². The molecule has 14 heteroatoms. The molecule has 4 aromatic carbocycles. The van der Waals surface area contributed by atoms with Crippen LogP contribution in [0.1, 0.15) is 326 Å². The number of methoxy groups -OCH3 is 3. The number of hydrogen-bond donors (Lipinski definition) is 3. The molecule has 0 saturated heterocycles. The number of anilines is 1. The first-order valence-corrected chi connectivity index (χ1v) is 42.3. The molecule has 3 N–H and O–H groups in total. The number of rotatable bonds is 52. The third-order valence-corrected chi connectivity index (χ3v) is 22.9. The van der Waals surface area contributed by atoms with Crippen molar-refractivity contribution in [2.45, 2.75) is 327 Å². The van der Waals surface area contributed by atoms with E-state index in [1.54, 1.807) is 33.6 Å². The highest BCUT2D eigenvalue weighted by Gasteiger charge is 2.44. The maximum absolute atomic E-state index is 13.5.